The van der Waals surface area contributed by atoms with Gasteiger partial charge in [0.2, 0.25) is 0 Å². The lowest BCUT2D eigenvalue weighted by Gasteiger charge is -2.09. The molecule has 0 radical (unpaired) electrons. The molecule has 0 spiro atoms. The van der Waals surface area contributed by atoms with E-state index in [1.807, 2.05) is 17.4 Å². The number of halogens is 1. The second-order valence-electron chi connectivity index (χ2n) is 5.24. The minimum absolute atomic E-state index is 0.278. The predicted octanol–water partition coefficient (Wildman–Crippen LogP) is 6.52. The summed E-state index contributed by atoms with van der Waals surface area (Å²) in [6, 6.07) is 21.6. The van der Waals surface area contributed by atoms with Gasteiger partial charge in [0, 0.05) is 9.75 Å². The molecule has 1 aromatic heterocycles. The van der Waals surface area contributed by atoms with Gasteiger partial charge < -0.3 is 0 Å². The van der Waals surface area contributed by atoms with E-state index in [-0.39, 0.29) is 4.83 Å². The Morgan fingerprint density at radius 2 is 1.48 bits per heavy atom. The van der Waals surface area contributed by atoms with E-state index in [2.05, 4.69) is 84.4 Å². The highest BCUT2D eigenvalue weighted by atomic mass is 79.9. The van der Waals surface area contributed by atoms with Crippen LogP contribution in [0, 0.1) is 13.8 Å². The first kappa shape index (κ1) is 14.6. The molecule has 0 N–H and O–H groups in total. The van der Waals surface area contributed by atoms with Crippen LogP contribution < -0.4 is 0 Å². The van der Waals surface area contributed by atoms with Crippen LogP contribution in [0.15, 0.2) is 60.7 Å². The molecule has 1 atom stereocenters. The van der Waals surface area contributed by atoms with Crippen molar-refractivity contribution >= 4 is 27.3 Å². The van der Waals surface area contributed by atoms with Gasteiger partial charge in [0.15, 0.2) is 0 Å². The minimum Gasteiger partial charge on any atom is -0.144 e. The van der Waals surface area contributed by atoms with Crippen molar-refractivity contribution in [1.82, 2.24) is 0 Å². The molecule has 2 aromatic carbocycles. The zero-order valence-corrected chi connectivity index (χ0v) is 14.5. The molecule has 0 fully saturated rings. The fraction of sp³-hybridized carbons (Fsp3) is 0.158. The molecular weight excluding hydrogens is 340 g/mol. The van der Waals surface area contributed by atoms with E-state index >= 15 is 0 Å². The van der Waals surface area contributed by atoms with Gasteiger partial charge in [0.05, 0.1) is 4.83 Å². The maximum absolute atomic E-state index is 3.83. The number of thiophene rings is 1. The van der Waals surface area contributed by atoms with Crippen molar-refractivity contribution in [2.24, 2.45) is 0 Å². The second-order valence-corrected chi connectivity index (χ2v) is 7.44. The first-order valence-corrected chi connectivity index (χ1v) is 8.75. The van der Waals surface area contributed by atoms with Gasteiger partial charge >= 0.3 is 0 Å². The molecule has 0 saturated carbocycles. The highest BCUT2D eigenvalue weighted by Crippen LogP contribution is 2.37. The SMILES string of the molecule is Cc1cc(C(Br)c2ccc(-c3ccccc3)cc2)sc1C. The van der Waals surface area contributed by atoms with Crippen LogP contribution in [0.25, 0.3) is 11.1 Å². The van der Waals surface area contributed by atoms with Gasteiger partial charge in [0.25, 0.3) is 0 Å². The highest BCUT2D eigenvalue weighted by molar-refractivity contribution is 9.09. The molecule has 0 amide bonds. The van der Waals surface area contributed by atoms with Gasteiger partial charge in [-0.15, -0.1) is 11.3 Å². The summed E-state index contributed by atoms with van der Waals surface area (Å²) in [6.45, 7) is 4.36. The summed E-state index contributed by atoms with van der Waals surface area (Å²) in [6.07, 6.45) is 0. The summed E-state index contributed by atoms with van der Waals surface area (Å²) in [5, 5.41) is 0. The Labute approximate surface area is 138 Å². The monoisotopic (exact) mass is 356 g/mol. The maximum Gasteiger partial charge on any atom is 0.0738 e. The zero-order chi connectivity index (χ0) is 14.8. The summed E-state index contributed by atoms with van der Waals surface area (Å²) in [5.41, 5.74) is 5.20. The van der Waals surface area contributed by atoms with Crippen LogP contribution >= 0.6 is 27.3 Å². The van der Waals surface area contributed by atoms with Crippen molar-refractivity contribution in [2.75, 3.05) is 0 Å². The Hall–Kier alpha value is -1.38. The van der Waals surface area contributed by atoms with Crippen molar-refractivity contribution in [3.05, 3.63) is 81.5 Å². The molecule has 1 heterocycles. The van der Waals surface area contributed by atoms with E-state index in [1.54, 1.807) is 0 Å². The second kappa shape index (κ2) is 6.17. The lowest BCUT2D eigenvalue weighted by molar-refractivity contribution is 1.22. The van der Waals surface area contributed by atoms with Gasteiger partial charge in [-0.3, -0.25) is 0 Å². The summed E-state index contributed by atoms with van der Waals surface area (Å²) in [4.78, 5) is 3.05. The van der Waals surface area contributed by atoms with Crippen molar-refractivity contribution in [2.45, 2.75) is 18.7 Å². The first-order valence-electron chi connectivity index (χ1n) is 7.01. The Morgan fingerprint density at radius 3 is 2.05 bits per heavy atom. The molecule has 3 aromatic rings. The van der Waals surface area contributed by atoms with E-state index in [4.69, 9.17) is 0 Å². The molecule has 0 bridgehead atoms. The van der Waals surface area contributed by atoms with Crippen molar-refractivity contribution < 1.29 is 0 Å². The number of hydrogen-bond donors (Lipinski definition) is 0. The molecule has 3 rings (SSSR count). The third kappa shape index (κ3) is 3.12. The Balaban J connectivity index is 1.87. The third-order valence-electron chi connectivity index (χ3n) is 3.75. The molecule has 0 aliphatic heterocycles. The first-order chi connectivity index (χ1) is 10.1. The summed E-state index contributed by atoms with van der Waals surface area (Å²) < 4.78 is 0. The fourth-order valence-corrected chi connectivity index (χ4v) is 4.13. The largest absolute Gasteiger partial charge is 0.144 e. The van der Waals surface area contributed by atoms with E-state index in [9.17, 15) is 0 Å². The lowest BCUT2D eigenvalue weighted by Crippen LogP contribution is -1.89. The van der Waals surface area contributed by atoms with Crippen LogP contribution in [0.4, 0.5) is 0 Å². The highest BCUT2D eigenvalue weighted by Gasteiger charge is 2.13. The Kier molecular flexibility index (Phi) is 4.27. The molecular formula is C19H17BrS. The van der Waals surface area contributed by atoms with E-state index < -0.39 is 0 Å². The van der Waals surface area contributed by atoms with Crippen molar-refractivity contribution in [3.8, 4) is 11.1 Å². The maximum atomic E-state index is 3.83. The number of aryl methyl sites for hydroxylation is 2. The lowest BCUT2D eigenvalue weighted by atomic mass is 10.0. The van der Waals surface area contributed by atoms with Crippen LogP contribution in [0.1, 0.15) is 25.7 Å². The van der Waals surface area contributed by atoms with Gasteiger partial charge in [-0.05, 0) is 42.2 Å². The molecule has 0 aliphatic carbocycles. The van der Waals surface area contributed by atoms with Crippen molar-refractivity contribution in [3.63, 3.8) is 0 Å². The topological polar surface area (TPSA) is 0 Å². The van der Waals surface area contributed by atoms with Crippen LogP contribution in [-0.2, 0) is 0 Å². The zero-order valence-electron chi connectivity index (χ0n) is 12.1. The van der Waals surface area contributed by atoms with E-state index in [1.165, 1.54) is 32.0 Å². The number of rotatable bonds is 3. The predicted molar refractivity (Wildman–Crippen MR) is 96.4 cm³/mol. The Morgan fingerprint density at radius 1 is 0.857 bits per heavy atom. The fourth-order valence-electron chi connectivity index (χ4n) is 2.37. The van der Waals surface area contributed by atoms with Gasteiger partial charge in [-0.1, -0.05) is 70.5 Å². The van der Waals surface area contributed by atoms with Crippen LogP contribution in [0.5, 0.6) is 0 Å². The standard InChI is InChI=1S/C19H17BrS/c1-13-12-18(21-14(13)2)19(20)17-10-8-16(9-11-17)15-6-4-3-5-7-15/h3-12,19H,1-2H3. The molecule has 1 unspecified atom stereocenters. The van der Waals surface area contributed by atoms with Gasteiger partial charge in [-0.25, -0.2) is 0 Å². The van der Waals surface area contributed by atoms with E-state index in [0.29, 0.717) is 0 Å². The van der Waals surface area contributed by atoms with Crippen LogP contribution in [0.2, 0.25) is 0 Å². The number of hydrogen-bond acceptors (Lipinski definition) is 1. The molecule has 0 nitrogen and oxygen atoms in total. The smallest absolute Gasteiger partial charge is 0.0738 e. The number of alkyl halides is 1. The van der Waals surface area contributed by atoms with Crippen LogP contribution in [0.3, 0.4) is 0 Å². The normalized spacial score (nSPS) is 12.3. The number of benzene rings is 2. The molecule has 21 heavy (non-hydrogen) atoms. The molecule has 0 saturated heterocycles. The van der Waals surface area contributed by atoms with Gasteiger partial charge in [-0.2, -0.15) is 0 Å². The Bertz CT molecular complexity index is 707. The quantitative estimate of drug-likeness (QED) is 0.468. The van der Waals surface area contributed by atoms with Crippen LogP contribution in [-0.4, -0.2) is 0 Å². The molecule has 106 valence electrons. The van der Waals surface area contributed by atoms with Gasteiger partial charge in [0.1, 0.15) is 0 Å². The minimum atomic E-state index is 0.278. The summed E-state index contributed by atoms with van der Waals surface area (Å²) in [7, 11) is 0. The van der Waals surface area contributed by atoms with Crippen molar-refractivity contribution in [1.29, 1.82) is 0 Å². The average Bonchev–Trinajstić information content (AvgIpc) is 2.87. The third-order valence-corrected chi connectivity index (χ3v) is 6.29. The average molecular weight is 357 g/mol. The molecule has 2 heteroatoms. The van der Waals surface area contributed by atoms with E-state index in [0.717, 1.165) is 0 Å². The summed E-state index contributed by atoms with van der Waals surface area (Å²) in [5.74, 6) is 0. The summed E-state index contributed by atoms with van der Waals surface area (Å²) >= 11 is 5.70. The molecule has 0 aliphatic rings.